The summed E-state index contributed by atoms with van der Waals surface area (Å²) in [6.07, 6.45) is 1.53. The van der Waals surface area contributed by atoms with Gasteiger partial charge in [-0.1, -0.05) is 28.1 Å². The fourth-order valence-corrected chi connectivity index (χ4v) is 2.61. The van der Waals surface area contributed by atoms with Crippen LogP contribution in [0.3, 0.4) is 0 Å². The maximum Gasteiger partial charge on any atom is 0.342 e. The number of ketones is 1. The average Bonchev–Trinajstić information content (AvgIpc) is 3.08. The first-order valence-corrected chi connectivity index (χ1v) is 8.46. The molecule has 0 saturated carbocycles. The van der Waals surface area contributed by atoms with Gasteiger partial charge in [-0.05, 0) is 48.9 Å². The third-order valence-electron chi connectivity index (χ3n) is 3.56. The van der Waals surface area contributed by atoms with E-state index in [2.05, 4.69) is 15.9 Å². The summed E-state index contributed by atoms with van der Waals surface area (Å²) in [4.78, 5) is 25.1. The summed E-state index contributed by atoms with van der Waals surface area (Å²) >= 11 is 3.35. The van der Waals surface area contributed by atoms with Crippen molar-refractivity contribution in [1.29, 1.82) is 0 Å². The minimum Gasteiger partial charge on any atom is -0.462 e. The standard InChI is InChI=1S/C19H15BrO5/c1-2-23-19(22)15(9-12-3-6-14(20)7-4-12)18(21)13-5-8-16-17(10-13)25-11-24-16/h3-10H,2,11H2,1H3/b15-9-. The summed E-state index contributed by atoms with van der Waals surface area (Å²) in [7, 11) is 0. The van der Waals surface area contributed by atoms with E-state index in [1.54, 1.807) is 37.3 Å². The first-order chi connectivity index (χ1) is 12.1. The fraction of sp³-hybridized carbons (Fsp3) is 0.158. The molecule has 0 bridgehead atoms. The van der Waals surface area contributed by atoms with E-state index in [0.717, 1.165) is 10.0 Å². The molecule has 0 amide bonds. The van der Waals surface area contributed by atoms with Crippen molar-refractivity contribution in [3.63, 3.8) is 0 Å². The molecule has 0 saturated heterocycles. The van der Waals surface area contributed by atoms with Gasteiger partial charge in [0.15, 0.2) is 17.3 Å². The van der Waals surface area contributed by atoms with Crippen LogP contribution >= 0.6 is 15.9 Å². The summed E-state index contributed by atoms with van der Waals surface area (Å²) in [5.41, 5.74) is 1.02. The zero-order chi connectivity index (χ0) is 17.8. The molecule has 2 aromatic carbocycles. The molecular formula is C19H15BrO5. The summed E-state index contributed by atoms with van der Waals surface area (Å²) < 4.78 is 16.5. The van der Waals surface area contributed by atoms with Gasteiger partial charge in [0.1, 0.15) is 5.57 Å². The van der Waals surface area contributed by atoms with Crippen molar-refractivity contribution in [3.05, 3.63) is 63.6 Å². The molecular weight excluding hydrogens is 388 g/mol. The molecule has 0 aliphatic carbocycles. The number of hydrogen-bond donors (Lipinski definition) is 0. The Hall–Kier alpha value is -2.60. The van der Waals surface area contributed by atoms with E-state index in [1.165, 1.54) is 6.08 Å². The van der Waals surface area contributed by atoms with Crippen LogP contribution in [-0.2, 0) is 9.53 Å². The van der Waals surface area contributed by atoms with Gasteiger partial charge in [0.25, 0.3) is 0 Å². The van der Waals surface area contributed by atoms with E-state index >= 15 is 0 Å². The van der Waals surface area contributed by atoms with Crippen molar-refractivity contribution < 1.29 is 23.8 Å². The van der Waals surface area contributed by atoms with Crippen LogP contribution in [0.25, 0.3) is 6.08 Å². The molecule has 0 spiro atoms. The number of ether oxygens (including phenoxy) is 3. The lowest BCUT2D eigenvalue weighted by molar-refractivity contribution is -0.137. The second-order valence-corrected chi connectivity index (χ2v) is 6.14. The maximum atomic E-state index is 12.9. The molecule has 0 atom stereocenters. The smallest absolute Gasteiger partial charge is 0.342 e. The van der Waals surface area contributed by atoms with Crippen LogP contribution in [0, 0.1) is 0 Å². The van der Waals surface area contributed by atoms with Gasteiger partial charge >= 0.3 is 5.97 Å². The van der Waals surface area contributed by atoms with Crippen LogP contribution in [0.15, 0.2) is 52.5 Å². The Morgan fingerprint density at radius 3 is 2.56 bits per heavy atom. The molecule has 0 unspecified atom stereocenters. The van der Waals surface area contributed by atoms with E-state index in [0.29, 0.717) is 17.1 Å². The van der Waals surface area contributed by atoms with Crippen molar-refractivity contribution in [1.82, 2.24) is 0 Å². The molecule has 5 nitrogen and oxygen atoms in total. The third kappa shape index (κ3) is 3.91. The summed E-state index contributed by atoms with van der Waals surface area (Å²) in [5, 5.41) is 0. The number of carbonyl (C=O) groups is 2. The first-order valence-electron chi connectivity index (χ1n) is 7.67. The van der Waals surface area contributed by atoms with Gasteiger partial charge in [-0.2, -0.15) is 0 Å². The lowest BCUT2D eigenvalue weighted by Gasteiger charge is -2.08. The van der Waals surface area contributed by atoms with E-state index in [-0.39, 0.29) is 19.0 Å². The Bertz CT molecular complexity index is 839. The van der Waals surface area contributed by atoms with Crippen molar-refractivity contribution in [2.45, 2.75) is 6.92 Å². The molecule has 1 aliphatic rings. The van der Waals surface area contributed by atoms with Crippen LogP contribution in [0.2, 0.25) is 0 Å². The van der Waals surface area contributed by atoms with Crippen LogP contribution in [0.5, 0.6) is 11.5 Å². The molecule has 0 aromatic heterocycles. The van der Waals surface area contributed by atoms with Crippen LogP contribution in [0.4, 0.5) is 0 Å². The van der Waals surface area contributed by atoms with Gasteiger partial charge in [-0.25, -0.2) is 4.79 Å². The molecule has 0 radical (unpaired) electrons. The summed E-state index contributed by atoms with van der Waals surface area (Å²) in [6, 6.07) is 12.1. The Balaban J connectivity index is 1.97. The number of Topliss-reactive ketones (excluding diaryl/α,β-unsaturated/α-hetero) is 1. The summed E-state index contributed by atoms with van der Waals surface area (Å²) in [6.45, 7) is 2.00. The maximum absolute atomic E-state index is 12.9. The number of carbonyl (C=O) groups excluding carboxylic acids is 2. The summed E-state index contributed by atoms with van der Waals surface area (Å²) in [5.74, 6) is -0.0309. The molecule has 2 aromatic rings. The lowest BCUT2D eigenvalue weighted by atomic mass is 10.0. The molecule has 0 fully saturated rings. The predicted octanol–water partition coefficient (Wildman–Crippen LogP) is 4.01. The van der Waals surface area contributed by atoms with Gasteiger partial charge in [0.05, 0.1) is 6.61 Å². The second-order valence-electron chi connectivity index (χ2n) is 5.23. The quantitative estimate of drug-likeness (QED) is 0.248. The van der Waals surface area contributed by atoms with Crippen LogP contribution < -0.4 is 9.47 Å². The molecule has 1 aliphatic heterocycles. The van der Waals surface area contributed by atoms with Gasteiger partial charge in [-0.3, -0.25) is 4.79 Å². The van der Waals surface area contributed by atoms with E-state index < -0.39 is 11.8 Å². The van der Waals surface area contributed by atoms with E-state index in [4.69, 9.17) is 14.2 Å². The SMILES string of the molecule is CCOC(=O)/C(=C\c1ccc(Br)cc1)C(=O)c1ccc2c(c1)OCO2. The molecule has 1 heterocycles. The fourth-order valence-electron chi connectivity index (χ4n) is 2.34. The van der Waals surface area contributed by atoms with Gasteiger partial charge in [0, 0.05) is 10.0 Å². The third-order valence-corrected chi connectivity index (χ3v) is 4.08. The molecule has 3 rings (SSSR count). The number of fused-ring (bicyclic) bond motifs is 1. The number of esters is 1. The molecule has 0 N–H and O–H groups in total. The van der Waals surface area contributed by atoms with Crippen molar-refractivity contribution in [3.8, 4) is 11.5 Å². The minimum absolute atomic E-state index is 0.0389. The predicted molar refractivity (Wildman–Crippen MR) is 95.6 cm³/mol. The molecule has 25 heavy (non-hydrogen) atoms. The van der Waals surface area contributed by atoms with Crippen molar-refractivity contribution in [2.75, 3.05) is 13.4 Å². The van der Waals surface area contributed by atoms with Crippen LogP contribution in [0.1, 0.15) is 22.8 Å². The molecule has 128 valence electrons. The number of hydrogen-bond acceptors (Lipinski definition) is 5. The highest BCUT2D eigenvalue weighted by Crippen LogP contribution is 2.33. The highest BCUT2D eigenvalue weighted by atomic mass is 79.9. The van der Waals surface area contributed by atoms with Gasteiger partial charge in [0.2, 0.25) is 6.79 Å². The highest BCUT2D eigenvalue weighted by molar-refractivity contribution is 9.10. The van der Waals surface area contributed by atoms with Gasteiger partial charge in [-0.15, -0.1) is 0 Å². The Kier molecular flexibility index (Phi) is 5.19. The van der Waals surface area contributed by atoms with E-state index in [9.17, 15) is 9.59 Å². The largest absolute Gasteiger partial charge is 0.462 e. The number of halogens is 1. The average molecular weight is 403 g/mol. The number of benzene rings is 2. The zero-order valence-electron chi connectivity index (χ0n) is 13.5. The van der Waals surface area contributed by atoms with E-state index in [1.807, 2.05) is 12.1 Å². The second kappa shape index (κ2) is 7.53. The normalized spacial score (nSPS) is 12.8. The monoisotopic (exact) mass is 402 g/mol. The Labute approximate surface area is 153 Å². The Morgan fingerprint density at radius 1 is 1.12 bits per heavy atom. The van der Waals surface area contributed by atoms with Crippen molar-refractivity contribution >= 4 is 33.8 Å². The minimum atomic E-state index is -0.659. The topological polar surface area (TPSA) is 61.8 Å². The number of rotatable bonds is 5. The first kappa shape index (κ1) is 17.2. The van der Waals surface area contributed by atoms with Crippen molar-refractivity contribution in [2.24, 2.45) is 0 Å². The zero-order valence-corrected chi connectivity index (χ0v) is 15.0. The lowest BCUT2D eigenvalue weighted by Crippen LogP contribution is -2.16. The van der Waals surface area contributed by atoms with Crippen LogP contribution in [-0.4, -0.2) is 25.2 Å². The molecule has 6 heteroatoms. The highest BCUT2D eigenvalue weighted by Gasteiger charge is 2.23. The Morgan fingerprint density at radius 2 is 1.84 bits per heavy atom. The van der Waals surface area contributed by atoms with Gasteiger partial charge < -0.3 is 14.2 Å².